The maximum atomic E-state index is 14.1. The molecular formula is C46H55N9O6S. The second-order valence-corrected chi connectivity index (χ2v) is 18.0. The van der Waals surface area contributed by atoms with E-state index in [0.29, 0.717) is 29.4 Å². The van der Waals surface area contributed by atoms with Crippen LogP contribution in [0.4, 0.5) is 5.69 Å². The van der Waals surface area contributed by atoms with Crippen molar-refractivity contribution >= 4 is 40.7 Å². The number of hydrogen-bond acceptors (Lipinski definition) is 11. The average Bonchev–Trinajstić information content (AvgIpc) is 4.06. The van der Waals surface area contributed by atoms with Gasteiger partial charge in [0.2, 0.25) is 17.7 Å². The summed E-state index contributed by atoms with van der Waals surface area (Å²) in [6.07, 6.45) is 2.86. The number of aliphatic hydroxyl groups is 1. The quantitative estimate of drug-likeness (QED) is 0.0946. The van der Waals surface area contributed by atoms with Crippen LogP contribution in [0.1, 0.15) is 79.7 Å². The van der Waals surface area contributed by atoms with Crippen LogP contribution in [-0.2, 0) is 20.9 Å². The number of aromatic amines is 1. The number of methoxy groups -OCH3 is 1. The van der Waals surface area contributed by atoms with Gasteiger partial charge in [0, 0.05) is 38.7 Å². The van der Waals surface area contributed by atoms with Crippen molar-refractivity contribution in [2.24, 2.45) is 5.41 Å². The molecule has 7 rings (SSSR count). The van der Waals surface area contributed by atoms with Crippen molar-refractivity contribution in [2.45, 2.75) is 84.0 Å². The van der Waals surface area contributed by atoms with Crippen LogP contribution in [0, 0.1) is 12.3 Å². The lowest BCUT2D eigenvalue weighted by Crippen LogP contribution is -2.58. The van der Waals surface area contributed by atoms with Gasteiger partial charge in [-0.2, -0.15) is 5.10 Å². The second kappa shape index (κ2) is 19.4. The first kappa shape index (κ1) is 44.1. The Labute approximate surface area is 365 Å². The molecule has 15 nitrogen and oxygen atoms in total. The van der Waals surface area contributed by atoms with Gasteiger partial charge >= 0.3 is 0 Å². The molecule has 326 valence electrons. The summed E-state index contributed by atoms with van der Waals surface area (Å²) in [6.45, 7) is 10.0. The number of benzene rings is 2. The third-order valence-corrected chi connectivity index (χ3v) is 12.6. The van der Waals surface area contributed by atoms with Crippen molar-refractivity contribution in [3.05, 3.63) is 101 Å². The standard InChI is InChI=1S/C46H55N9O6S/c1-28-41(62-27-48-28)31-11-9-29(10-12-31)25-47-44(59)38-24-33(56)26-55(38)45(60)42(46(2,3)4)52-40(57)18-22-54-20-16-30(17-21-54)32-13-14-36(39(23-32)61-5)51-43(58)37-8-6-7-34(50-37)35-15-19-49-53-35/h6-15,19,23,27,30,33,38,42,56H,16-18,20-22,24-26H2,1-5H3,(H,47,59)(H,49,53)(H,51,58)(H,52,57)/t33-,38+,42-/m1/s1. The molecule has 0 aliphatic carbocycles. The number of nitrogens with zero attached hydrogens (tertiary/aromatic N) is 5. The number of nitrogens with one attached hydrogen (secondary N) is 4. The largest absolute Gasteiger partial charge is 0.495 e. The van der Waals surface area contributed by atoms with Gasteiger partial charge < -0.3 is 35.6 Å². The van der Waals surface area contributed by atoms with Gasteiger partial charge in [0.25, 0.3) is 5.91 Å². The zero-order chi connectivity index (χ0) is 44.0. The number of amides is 4. The van der Waals surface area contributed by atoms with Gasteiger partial charge in [-0.3, -0.25) is 24.3 Å². The number of pyridine rings is 1. The highest BCUT2D eigenvalue weighted by Crippen LogP contribution is 2.35. The first-order valence-corrected chi connectivity index (χ1v) is 21.9. The number of carbonyl (C=O) groups is 4. The fraction of sp³-hybridized carbons (Fsp3) is 0.413. The number of likely N-dealkylation sites (tertiary alicyclic amines) is 2. The van der Waals surface area contributed by atoms with E-state index in [-0.39, 0.29) is 61.2 Å². The zero-order valence-electron chi connectivity index (χ0n) is 35.8. The number of thiazole rings is 1. The number of piperidine rings is 1. The third-order valence-electron chi connectivity index (χ3n) is 11.7. The number of anilines is 1. The SMILES string of the molecule is COc1cc(C2CCN(CCC(=O)N[C@H](C(=O)N3C[C@H](O)C[C@H]3C(=O)NCc3ccc(-c4scnc4C)cc3)C(C)(C)C)CC2)ccc1NC(=O)c1cccc(-c2ccn[nH]2)n1. The number of ether oxygens (including phenoxy) is 1. The van der Waals surface area contributed by atoms with Crippen LogP contribution in [0.3, 0.4) is 0 Å². The lowest BCUT2D eigenvalue weighted by atomic mass is 9.85. The Morgan fingerprint density at radius 1 is 1.03 bits per heavy atom. The summed E-state index contributed by atoms with van der Waals surface area (Å²) in [7, 11) is 1.58. The molecule has 5 aromatic rings. The third kappa shape index (κ3) is 10.5. The van der Waals surface area contributed by atoms with E-state index in [0.717, 1.165) is 53.2 Å². The first-order valence-electron chi connectivity index (χ1n) is 21.0. The van der Waals surface area contributed by atoms with E-state index in [9.17, 15) is 24.3 Å². The van der Waals surface area contributed by atoms with Crippen molar-refractivity contribution in [3.8, 4) is 27.6 Å². The number of aliphatic hydroxyl groups excluding tert-OH is 1. The van der Waals surface area contributed by atoms with E-state index in [1.165, 1.54) is 4.90 Å². The van der Waals surface area contributed by atoms with E-state index in [4.69, 9.17) is 4.74 Å². The van der Waals surface area contributed by atoms with Gasteiger partial charge in [-0.25, -0.2) is 9.97 Å². The number of β-amino-alcohol motifs (C(OH)–C–C–N with tert-alkyl or cyclic N) is 1. The van der Waals surface area contributed by atoms with Crippen LogP contribution < -0.4 is 20.7 Å². The number of aryl methyl sites for hydroxylation is 1. The van der Waals surface area contributed by atoms with Crippen LogP contribution in [-0.4, -0.2) is 110 Å². The Morgan fingerprint density at radius 2 is 1.81 bits per heavy atom. The van der Waals surface area contributed by atoms with Crippen molar-refractivity contribution in [3.63, 3.8) is 0 Å². The molecule has 0 radical (unpaired) electrons. The number of hydrogen-bond donors (Lipinski definition) is 5. The normalized spacial score (nSPS) is 17.7. The van der Waals surface area contributed by atoms with E-state index >= 15 is 0 Å². The van der Waals surface area contributed by atoms with Crippen LogP contribution >= 0.6 is 11.3 Å². The predicted molar refractivity (Wildman–Crippen MR) is 237 cm³/mol. The summed E-state index contributed by atoms with van der Waals surface area (Å²) in [5.41, 5.74) is 7.35. The van der Waals surface area contributed by atoms with E-state index in [1.54, 1.807) is 48.9 Å². The van der Waals surface area contributed by atoms with Crippen LogP contribution in [0.2, 0.25) is 0 Å². The summed E-state index contributed by atoms with van der Waals surface area (Å²) in [6, 6.07) is 19.0. The molecule has 0 saturated carbocycles. The molecule has 0 bridgehead atoms. The van der Waals surface area contributed by atoms with Crippen molar-refractivity contribution in [1.82, 2.24) is 40.6 Å². The van der Waals surface area contributed by atoms with Crippen LogP contribution in [0.25, 0.3) is 21.8 Å². The van der Waals surface area contributed by atoms with Gasteiger partial charge in [0.15, 0.2) is 0 Å². The van der Waals surface area contributed by atoms with Gasteiger partial charge in [-0.1, -0.05) is 57.2 Å². The highest BCUT2D eigenvalue weighted by atomic mass is 32.1. The summed E-state index contributed by atoms with van der Waals surface area (Å²) in [4.78, 5) is 67.8. The molecule has 5 N–H and O–H groups in total. The second-order valence-electron chi connectivity index (χ2n) is 17.1. The minimum atomic E-state index is -0.893. The van der Waals surface area contributed by atoms with Crippen LogP contribution in [0.5, 0.6) is 5.75 Å². The molecule has 2 aromatic carbocycles. The minimum absolute atomic E-state index is 0.0136. The van der Waals surface area contributed by atoms with Crippen molar-refractivity contribution < 1.29 is 29.0 Å². The molecule has 2 aliphatic heterocycles. The van der Waals surface area contributed by atoms with Crippen molar-refractivity contribution in [1.29, 1.82) is 0 Å². The molecule has 2 saturated heterocycles. The smallest absolute Gasteiger partial charge is 0.274 e. The van der Waals surface area contributed by atoms with E-state index in [2.05, 4.69) is 41.0 Å². The zero-order valence-corrected chi connectivity index (χ0v) is 36.6. The van der Waals surface area contributed by atoms with Gasteiger partial charge in [0.1, 0.15) is 23.5 Å². The maximum Gasteiger partial charge on any atom is 0.274 e. The van der Waals surface area contributed by atoms with Gasteiger partial charge in [0.05, 0.1) is 46.4 Å². The number of H-pyrrole nitrogens is 1. The topological polar surface area (TPSA) is 195 Å². The maximum absolute atomic E-state index is 14.1. The molecular weight excluding hydrogens is 807 g/mol. The Balaban J connectivity index is 0.887. The Bertz CT molecular complexity index is 2350. The molecule has 16 heteroatoms. The fourth-order valence-corrected chi connectivity index (χ4v) is 8.94. The Hall–Kier alpha value is -5.97. The minimum Gasteiger partial charge on any atom is -0.495 e. The van der Waals surface area contributed by atoms with E-state index < -0.39 is 23.6 Å². The molecule has 62 heavy (non-hydrogen) atoms. The van der Waals surface area contributed by atoms with Crippen LogP contribution in [0.15, 0.2) is 78.4 Å². The number of carbonyl (C=O) groups excluding carboxylic acids is 4. The number of aromatic nitrogens is 4. The summed E-state index contributed by atoms with van der Waals surface area (Å²) < 4.78 is 5.69. The summed E-state index contributed by atoms with van der Waals surface area (Å²) in [5, 5.41) is 26.3. The molecule has 2 fully saturated rings. The van der Waals surface area contributed by atoms with E-state index in [1.807, 2.05) is 75.7 Å². The lowest BCUT2D eigenvalue weighted by Gasteiger charge is -2.36. The Morgan fingerprint density at radius 3 is 2.48 bits per heavy atom. The summed E-state index contributed by atoms with van der Waals surface area (Å²) in [5.74, 6) is -0.501. The molecule has 3 aromatic heterocycles. The summed E-state index contributed by atoms with van der Waals surface area (Å²) >= 11 is 1.58. The predicted octanol–water partition coefficient (Wildman–Crippen LogP) is 5.54. The highest BCUT2D eigenvalue weighted by Gasteiger charge is 2.44. The average molecular weight is 862 g/mol. The molecule has 3 atom stereocenters. The number of rotatable bonds is 14. The first-order chi connectivity index (χ1) is 29.8. The highest BCUT2D eigenvalue weighted by molar-refractivity contribution is 7.13. The lowest BCUT2D eigenvalue weighted by molar-refractivity contribution is -0.144. The fourth-order valence-electron chi connectivity index (χ4n) is 8.12. The molecule has 5 heterocycles. The van der Waals surface area contributed by atoms with Crippen molar-refractivity contribution in [2.75, 3.05) is 38.6 Å². The molecule has 2 aliphatic rings. The molecule has 0 spiro atoms. The monoisotopic (exact) mass is 861 g/mol. The van der Waals surface area contributed by atoms with Gasteiger partial charge in [-0.05, 0) is 91.2 Å². The molecule has 0 unspecified atom stereocenters. The molecule has 4 amide bonds. The Kier molecular flexibility index (Phi) is 13.8. The van der Waals surface area contributed by atoms with Gasteiger partial charge in [-0.15, -0.1) is 11.3 Å².